The number of aryl methyl sites for hydroxylation is 1. The van der Waals surface area contributed by atoms with Gasteiger partial charge in [-0.05, 0) is 73.2 Å². The summed E-state index contributed by atoms with van der Waals surface area (Å²) >= 11 is 6.04. The molecule has 27 heavy (non-hydrogen) atoms. The van der Waals surface area contributed by atoms with Crippen LogP contribution in [0.25, 0.3) is 0 Å². The highest BCUT2D eigenvalue weighted by Crippen LogP contribution is 2.30. The lowest BCUT2D eigenvalue weighted by Crippen LogP contribution is -2.15. The highest BCUT2D eigenvalue weighted by molar-refractivity contribution is 6.30. The van der Waals surface area contributed by atoms with E-state index in [2.05, 4.69) is 18.3 Å². The first-order chi connectivity index (χ1) is 13.1. The van der Waals surface area contributed by atoms with E-state index in [1.165, 1.54) is 0 Å². The Balaban J connectivity index is 1.85. The van der Waals surface area contributed by atoms with E-state index in [1.807, 2.05) is 60.7 Å². The van der Waals surface area contributed by atoms with Gasteiger partial charge in [-0.2, -0.15) is 0 Å². The molecule has 0 atom stereocenters. The van der Waals surface area contributed by atoms with Gasteiger partial charge in [0, 0.05) is 16.1 Å². The minimum atomic E-state index is 0.637. The minimum Gasteiger partial charge on any atom is -0.497 e. The lowest BCUT2D eigenvalue weighted by atomic mass is 10.1. The van der Waals surface area contributed by atoms with Crippen molar-refractivity contribution in [3.05, 3.63) is 88.4 Å². The summed E-state index contributed by atoms with van der Waals surface area (Å²) in [7, 11) is 1.65. The number of hydrogen-bond acceptors (Lipinski definition) is 4. The molecule has 1 N–H and O–H groups in total. The molecule has 4 nitrogen and oxygen atoms in total. The maximum absolute atomic E-state index is 6.04. The van der Waals surface area contributed by atoms with Gasteiger partial charge in [0.2, 0.25) is 0 Å². The SMILES string of the molecule is COc1ccc(C2=Nc3ccc(C)cc3NC(c3ccc(Cl)cc3)=N2)cc1. The third kappa shape index (κ3) is 3.71. The second-order valence-corrected chi connectivity index (χ2v) is 6.71. The van der Waals surface area contributed by atoms with Crippen LogP contribution < -0.4 is 10.1 Å². The molecular weight excluding hydrogens is 358 g/mol. The Labute approximate surface area is 163 Å². The van der Waals surface area contributed by atoms with E-state index in [9.17, 15) is 0 Å². The molecule has 1 heterocycles. The van der Waals surface area contributed by atoms with Crippen LogP contribution in [0.15, 0.2) is 76.7 Å². The van der Waals surface area contributed by atoms with Crippen molar-refractivity contribution in [2.75, 3.05) is 12.4 Å². The number of aliphatic imine (C=N–C) groups is 2. The van der Waals surface area contributed by atoms with Crippen molar-refractivity contribution in [1.82, 2.24) is 0 Å². The maximum Gasteiger partial charge on any atom is 0.162 e. The van der Waals surface area contributed by atoms with Gasteiger partial charge in [0.05, 0.1) is 18.5 Å². The van der Waals surface area contributed by atoms with Crippen LogP contribution in [-0.2, 0) is 0 Å². The zero-order valence-electron chi connectivity index (χ0n) is 15.0. The summed E-state index contributed by atoms with van der Waals surface area (Å²) in [4.78, 5) is 9.62. The predicted octanol–water partition coefficient (Wildman–Crippen LogP) is 5.61. The third-order valence-electron chi connectivity index (χ3n) is 4.32. The molecule has 0 bridgehead atoms. The van der Waals surface area contributed by atoms with Crippen molar-refractivity contribution >= 4 is 34.6 Å². The molecule has 0 radical (unpaired) electrons. The highest BCUT2D eigenvalue weighted by atomic mass is 35.5. The van der Waals surface area contributed by atoms with Crippen LogP contribution >= 0.6 is 11.6 Å². The Hall–Kier alpha value is -3.11. The van der Waals surface area contributed by atoms with Gasteiger partial charge >= 0.3 is 0 Å². The highest BCUT2D eigenvalue weighted by Gasteiger charge is 2.15. The number of anilines is 1. The number of fused-ring (bicyclic) bond motifs is 1. The molecule has 0 fully saturated rings. The molecule has 0 amide bonds. The van der Waals surface area contributed by atoms with Crippen molar-refractivity contribution in [3.8, 4) is 5.75 Å². The van der Waals surface area contributed by atoms with Gasteiger partial charge in [0.15, 0.2) is 5.84 Å². The summed E-state index contributed by atoms with van der Waals surface area (Å²) in [5, 5.41) is 4.11. The van der Waals surface area contributed by atoms with E-state index in [0.717, 1.165) is 39.7 Å². The van der Waals surface area contributed by atoms with Gasteiger partial charge in [-0.1, -0.05) is 17.7 Å². The molecule has 0 saturated carbocycles. The van der Waals surface area contributed by atoms with Crippen molar-refractivity contribution in [1.29, 1.82) is 0 Å². The molecule has 0 aromatic heterocycles. The van der Waals surface area contributed by atoms with Crippen LogP contribution in [0.4, 0.5) is 11.4 Å². The standard InChI is InChI=1S/C22H18ClN3O/c1-14-3-12-19-20(13-14)25-22(15-4-8-17(23)9-5-15)26-21(24-19)16-6-10-18(27-2)11-7-16/h3-13H,1-2H3,(H,24,25,26). The van der Waals surface area contributed by atoms with Gasteiger partial charge in [-0.25, -0.2) is 9.98 Å². The topological polar surface area (TPSA) is 46.0 Å². The van der Waals surface area contributed by atoms with Crippen molar-refractivity contribution in [2.24, 2.45) is 9.98 Å². The summed E-state index contributed by atoms with van der Waals surface area (Å²) in [6.07, 6.45) is 0. The van der Waals surface area contributed by atoms with Gasteiger partial charge < -0.3 is 10.1 Å². The number of nitrogens with one attached hydrogen (secondary N) is 1. The van der Waals surface area contributed by atoms with Gasteiger partial charge in [-0.15, -0.1) is 0 Å². The van der Waals surface area contributed by atoms with E-state index < -0.39 is 0 Å². The average molecular weight is 376 g/mol. The summed E-state index contributed by atoms with van der Waals surface area (Å²) in [6, 6.07) is 21.4. The summed E-state index contributed by atoms with van der Waals surface area (Å²) in [5.41, 5.74) is 4.78. The molecule has 134 valence electrons. The summed E-state index contributed by atoms with van der Waals surface area (Å²) in [5.74, 6) is 2.16. The Morgan fingerprint density at radius 1 is 0.852 bits per heavy atom. The smallest absolute Gasteiger partial charge is 0.162 e. The van der Waals surface area contributed by atoms with E-state index >= 15 is 0 Å². The number of methoxy groups -OCH3 is 1. The molecular formula is C22H18ClN3O. The molecule has 4 rings (SSSR count). The fourth-order valence-electron chi connectivity index (χ4n) is 2.86. The monoisotopic (exact) mass is 375 g/mol. The van der Waals surface area contributed by atoms with Crippen LogP contribution in [0, 0.1) is 6.92 Å². The lowest BCUT2D eigenvalue weighted by molar-refractivity contribution is 0.415. The van der Waals surface area contributed by atoms with Gasteiger partial charge in [0.1, 0.15) is 11.6 Å². The molecule has 3 aromatic carbocycles. The molecule has 3 aromatic rings. The molecule has 0 unspecified atom stereocenters. The van der Waals surface area contributed by atoms with Crippen LogP contribution in [0.1, 0.15) is 16.7 Å². The molecule has 1 aliphatic heterocycles. The number of rotatable bonds is 3. The van der Waals surface area contributed by atoms with E-state index in [4.69, 9.17) is 26.3 Å². The molecule has 0 aliphatic carbocycles. The fraction of sp³-hybridized carbons (Fsp3) is 0.0909. The van der Waals surface area contributed by atoms with Crippen LogP contribution in [0.3, 0.4) is 0 Å². The Kier molecular flexibility index (Phi) is 4.65. The minimum absolute atomic E-state index is 0.637. The third-order valence-corrected chi connectivity index (χ3v) is 4.57. The predicted molar refractivity (Wildman–Crippen MR) is 112 cm³/mol. The van der Waals surface area contributed by atoms with E-state index in [0.29, 0.717) is 10.9 Å². The molecule has 5 heteroatoms. The number of hydrogen-bond donors (Lipinski definition) is 1. The van der Waals surface area contributed by atoms with Crippen molar-refractivity contribution < 1.29 is 4.74 Å². The number of benzene rings is 3. The van der Waals surface area contributed by atoms with Crippen molar-refractivity contribution in [2.45, 2.75) is 6.92 Å². The normalized spacial score (nSPS) is 13.0. The van der Waals surface area contributed by atoms with Gasteiger partial charge in [-0.3, -0.25) is 0 Å². The van der Waals surface area contributed by atoms with E-state index in [1.54, 1.807) is 7.11 Å². The molecule has 0 saturated heterocycles. The zero-order chi connectivity index (χ0) is 18.8. The second-order valence-electron chi connectivity index (χ2n) is 6.28. The first kappa shape index (κ1) is 17.3. The largest absolute Gasteiger partial charge is 0.497 e. The number of halogens is 1. The Bertz CT molecular complexity index is 1040. The quantitative estimate of drug-likeness (QED) is 0.646. The number of ether oxygens (including phenoxy) is 1. The molecule has 1 aliphatic rings. The average Bonchev–Trinajstić information content (AvgIpc) is 2.88. The Morgan fingerprint density at radius 2 is 1.56 bits per heavy atom. The summed E-state index contributed by atoms with van der Waals surface area (Å²) < 4.78 is 5.25. The van der Waals surface area contributed by atoms with Crippen LogP contribution in [-0.4, -0.2) is 18.8 Å². The Morgan fingerprint density at radius 3 is 2.26 bits per heavy atom. The van der Waals surface area contributed by atoms with Crippen LogP contribution in [0.2, 0.25) is 5.02 Å². The first-order valence-electron chi connectivity index (χ1n) is 8.58. The second kappa shape index (κ2) is 7.25. The van der Waals surface area contributed by atoms with Gasteiger partial charge in [0.25, 0.3) is 0 Å². The lowest BCUT2D eigenvalue weighted by Gasteiger charge is -2.10. The number of amidine groups is 2. The van der Waals surface area contributed by atoms with E-state index in [-0.39, 0.29) is 0 Å². The molecule has 0 spiro atoms. The fourth-order valence-corrected chi connectivity index (χ4v) is 2.99. The summed E-state index contributed by atoms with van der Waals surface area (Å²) in [6.45, 7) is 2.06. The van der Waals surface area contributed by atoms with Crippen molar-refractivity contribution in [3.63, 3.8) is 0 Å². The maximum atomic E-state index is 6.04. The first-order valence-corrected chi connectivity index (χ1v) is 8.95. The zero-order valence-corrected chi connectivity index (χ0v) is 15.8. The van der Waals surface area contributed by atoms with Crippen LogP contribution in [0.5, 0.6) is 5.75 Å². The number of nitrogens with zero attached hydrogens (tertiary/aromatic N) is 2.